The Balaban J connectivity index is 3.19. The van der Waals surface area contributed by atoms with Crippen LogP contribution in [0.15, 0.2) is 12.1 Å². The topological polar surface area (TPSA) is 59.2 Å². The fraction of sp³-hybridized carbons (Fsp3) is 0.538. The summed E-state index contributed by atoms with van der Waals surface area (Å²) in [6, 6.07) is 3.45. The van der Waals surface area contributed by atoms with Crippen LogP contribution in [0.4, 0.5) is 5.82 Å². The van der Waals surface area contributed by atoms with Gasteiger partial charge in [-0.25, -0.2) is 4.98 Å². The van der Waals surface area contributed by atoms with E-state index in [1.54, 1.807) is 18.0 Å². The van der Waals surface area contributed by atoms with Crippen molar-refractivity contribution in [3.63, 3.8) is 0 Å². The van der Waals surface area contributed by atoms with E-state index in [9.17, 15) is 4.79 Å². The van der Waals surface area contributed by atoms with Gasteiger partial charge in [0.15, 0.2) is 0 Å². The lowest BCUT2D eigenvalue weighted by Crippen LogP contribution is -2.27. The van der Waals surface area contributed by atoms with E-state index in [0.717, 1.165) is 5.69 Å². The summed E-state index contributed by atoms with van der Waals surface area (Å²) in [7, 11) is 1.77. The average molecular weight is 235 g/mol. The van der Waals surface area contributed by atoms with Gasteiger partial charge >= 0.3 is 0 Å². The lowest BCUT2D eigenvalue weighted by atomic mass is 9.90. The number of rotatable bonds is 2. The highest BCUT2D eigenvalue weighted by atomic mass is 16.2. The van der Waals surface area contributed by atoms with Gasteiger partial charge in [0.05, 0.1) is 0 Å². The first-order valence-corrected chi connectivity index (χ1v) is 5.79. The molecule has 0 aromatic carbocycles. The van der Waals surface area contributed by atoms with E-state index in [1.165, 1.54) is 0 Å². The number of amides is 1. The van der Waals surface area contributed by atoms with Crippen molar-refractivity contribution >= 4 is 11.7 Å². The van der Waals surface area contributed by atoms with Crippen molar-refractivity contribution in [1.82, 2.24) is 9.88 Å². The number of nitrogens with two attached hydrogens (primary N) is 1. The molecule has 0 aliphatic heterocycles. The Labute approximate surface area is 103 Å². The molecule has 0 fully saturated rings. The SMILES string of the molecule is CCN(C)C(=O)c1cc(N)nc(C(C)(C)C)c1. The third-order valence-corrected chi connectivity index (χ3v) is 2.68. The molecule has 0 aliphatic rings. The summed E-state index contributed by atoms with van der Waals surface area (Å²) in [6.07, 6.45) is 0. The highest BCUT2D eigenvalue weighted by Crippen LogP contribution is 2.22. The second-order valence-electron chi connectivity index (χ2n) is 5.24. The quantitative estimate of drug-likeness (QED) is 0.853. The maximum absolute atomic E-state index is 12.0. The molecule has 1 aromatic rings. The number of nitrogens with zero attached hydrogens (tertiary/aromatic N) is 2. The van der Waals surface area contributed by atoms with Crippen LogP contribution in [0.3, 0.4) is 0 Å². The molecule has 1 heterocycles. The van der Waals surface area contributed by atoms with Gasteiger partial charge in [0.25, 0.3) is 5.91 Å². The molecule has 0 aliphatic carbocycles. The summed E-state index contributed by atoms with van der Waals surface area (Å²) in [4.78, 5) is 18.0. The van der Waals surface area contributed by atoms with Gasteiger partial charge in [0.1, 0.15) is 5.82 Å². The van der Waals surface area contributed by atoms with Crippen molar-refractivity contribution in [3.05, 3.63) is 23.4 Å². The molecule has 4 heteroatoms. The van der Waals surface area contributed by atoms with Gasteiger partial charge in [-0.15, -0.1) is 0 Å². The fourth-order valence-electron chi connectivity index (χ4n) is 1.42. The maximum Gasteiger partial charge on any atom is 0.253 e. The van der Waals surface area contributed by atoms with Crippen LogP contribution in [-0.4, -0.2) is 29.4 Å². The summed E-state index contributed by atoms with van der Waals surface area (Å²) in [6.45, 7) is 8.75. The largest absolute Gasteiger partial charge is 0.384 e. The molecular formula is C13H21N3O. The van der Waals surface area contributed by atoms with Gasteiger partial charge in [0.2, 0.25) is 0 Å². The number of anilines is 1. The molecule has 0 unspecified atom stereocenters. The van der Waals surface area contributed by atoms with Crippen LogP contribution in [0.1, 0.15) is 43.7 Å². The van der Waals surface area contributed by atoms with Crippen molar-refractivity contribution in [2.45, 2.75) is 33.1 Å². The number of nitrogen functional groups attached to an aromatic ring is 1. The van der Waals surface area contributed by atoms with Crippen molar-refractivity contribution in [2.75, 3.05) is 19.3 Å². The van der Waals surface area contributed by atoms with Gasteiger partial charge in [-0.3, -0.25) is 4.79 Å². The number of aromatic nitrogens is 1. The van der Waals surface area contributed by atoms with Crippen LogP contribution in [0.25, 0.3) is 0 Å². The van der Waals surface area contributed by atoms with E-state index in [4.69, 9.17) is 5.73 Å². The molecule has 17 heavy (non-hydrogen) atoms. The molecule has 0 saturated carbocycles. The molecule has 1 amide bonds. The zero-order chi connectivity index (χ0) is 13.2. The first-order valence-electron chi connectivity index (χ1n) is 5.79. The third kappa shape index (κ3) is 3.19. The summed E-state index contributed by atoms with van der Waals surface area (Å²) < 4.78 is 0. The molecule has 0 radical (unpaired) electrons. The molecule has 0 saturated heterocycles. The van der Waals surface area contributed by atoms with Crippen LogP contribution in [-0.2, 0) is 5.41 Å². The van der Waals surface area contributed by atoms with E-state index in [-0.39, 0.29) is 11.3 Å². The second-order valence-corrected chi connectivity index (χ2v) is 5.24. The van der Waals surface area contributed by atoms with Gasteiger partial charge in [0, 0.05) is 30.3 Å². The van der Waals surface area contributed by atoms with Gasteiger partial charge in [-0.2, -0.15) is 0 Å². The minimum absolute atomic E-state index is 0.0212. The third-order valence-electron chi connectivity index (χ3n) is 2.68. The van der Waals surface area contributed by atoms with Gasteiger partial charge in [-0.1, -0.05) is 20.8 Å². The highest BCUT2D eigenvalue weighted by molar-refractivity contribution is 5.94. The smallest absolute Gasteiger partial charge is 0.253 e. The fourth-order valence-corrected chi connectivity index (χ4v) is 1.42. The van der Waals surface area contributed by atoms with E-state index in [2.05, 4.69) is 4.98 Å². The molecule has 94 valence electrons. The number of hydrogen-bond acceptors (Lipinski definition) is 3. The molecule has 0 atom stereocenters. The summed E-state index contributed by atoms with van der Waals surface area (Å²) in [5, 5.41) is 0. The van der Waals surface area contributed by atoms with Crippen molar-refractivity contribution in [3.8, 4) is 0 Å². The number of carbonyl (C=O) groups excluding carboxylic acids is 1. The highest BCUT2D eigenvalue weighted by Gasteiger charge is 2.19. The molecular weight excluding hydrogens is 214 g/mol. The summed E-state index contributed by atoms with van der Waals surface area (Å²) >= 11 is 0. The van der Waals surface area contributed by atoms with Crippen LogP contribution in [0.5, 0.6) is 0 Å². The van der Waals surface area contributed by atoms with Crippen LogP contribution >= 0.6 is 0 Å². The Bertz CT molecular complexity index is 421. The lowest BCUT2D eigenvalue weighted by Gasteiger charge is -2.20. The standard InChI is InChI=1S/C13H21N3O/c1-6-16(5)12(17)9-7-10(13(2,3)4)15-11(14)8-9/h7-8H,6H2,1-5H3,(H2,14,15). The van der Waals surface area contributed by atoms with Crippen molar-refractivity contribution in [1.29, 1.82) is 0 Å². The number of carbonyl (C=O) groups is 1. The predicted octanol–water partition coefficient (Wildman–Crippen LogP) is 2.05. The summed E-state index contributed by atoms with van der Waals surface area (Å²) in [5.41, 5.74) is 7.08. The van der Waals surface area contributed by atoms with Gasteiger partial charge < -0.3 is 10.6 Å². The van der Waals surface area contributed by atoms with Crippen LogP contribution < -0.4 is 5.73 Å². The average Bonchev–Trinajstić information content (AvgIpc) is 2.25. The van der Waals surface area contributed by atoms with Crippen LogP contribution in [0.2, 0.25) is 0 Å². The summed E-state index contributed by atoms with van der Waals surface area (Å²) in [5.74, 6) is 0.373. The first-order chi connectivity index (χ1) is 7.75. The van der Waals surface area contributed by atoms with E-state index in [0.29, 0.717) is 17.9 Å². The zero-order valence-electron chi connectivity index (χ0n) is 11.2. The Morgan fingerprint density at radius 2 is 2.00 bits per heavy atom. The molecule has 1 rings (SSSR count). The van der Waals surface area contributed by atoms with Crippen LogP contribution in [0, 0.1) is 0 Å². The van der Waals surface area contributed by atoms with E-state index < -0.39 is 0 Å². The molecule has 2 N–H and O–H groups in total. The predicted molar refractivity (Wildman–Crippen MR) is 70.0 cm³/mol. The zero-order valence-corrected chi connectivity index (χ0v) is 11.2. The molecule has 0 spiro atoms. The molecule has 0 bridgehead atoms. The van der Waals surface area contributed by atoms with Crippen molar-refractivity contribution < 1.29 is 4.79 Å². The minimum atomic E-state index is -0.116. The number of hydrogen-bond donors (Lipinski definition) is 1. The Morgan fingerprint density at radius 1 is 1.41 bits per heavy atom. The Morgan fingerprint density at radius 3 is 2.47 bits per heavy atom. The minimum Gasteiger partial charge on any atom is -0.384 e. The van der Waals surface area contributed by atoms with E-state index in [1.807, 2.05) is 33.8 Å². The normalized spacial score (nSPS) is 11.4. The van der Waals surface area contributed by atoms with E-state index >= 15 is 0 Å². The van der Waals surface area contributed by atoms with Crippen molar-refractivity contribution in [2.24, 2.45) is 0 Å². The monoisotopic (exact) mass is 235 g/mol. The molecule has 4 nitrogen and oxygen atoms in total. The first kappa shape index (κ1) is 13.5. The number of pyridine rings is 1. The Hall–Kier alpha value is -1.58. The Kier molecular flexibility index (Phi) is 3.76. The maximum atomic E-state index is 12.0. The lowest BCUT2D eigenvalue weighted by molar-refractivity contribution is 0.0802. The molecule has 1 aromatic heterocycles. The second kappa shape index (κ2) is 4.73. The van der Waals surface area contributed by atoms with Gasteiger partial charge in [-0.05, 0) is 19.1 Å².